The van der Waals surface area contributed by atoms with Gasteiger partial charge in [0.2, 0.25) is 5.76 Å². The van der Waals surface area contributed by atoms with E-state index in [1.165, 1.54) is 18.3 Å². The van der Waals surface area contributed by atoms with Crippen LogP contribution in [0.4, 0.5) is 10.1 Å². The van der Waals surface area contributed by atoms with Crippen LogP contribution in [0.25, 0.3) is 11.5 Å². The molecule has 0 saturated heterocycles. The maximum absolute atomic E-state index is 13.3. The number of hydrogen-bond acceptors (Lipinski definition) is 7. The molecule has 2 N–H and O–H groups in total. The van der Waals surface area contributed by atoms with Crippen LogP contribution in [0.2, 0.25) is 0 Å². The van der Waals surface area contributed by atoms with Crippen molar-refractivity contribution in [3.63, 3.8) is 0 Å². The SMILES string of the molecule is Cc1ncc(-c2cc(C(O)Nc3cnn(Cc4cccc(F)c4)c3)no2)o1. The first-order valence-electron chi connectivity index (χ1n) is 8.18. The van der Waals surface area contributed by atoms with Gasteiger partial charge >= 0.3 is 0 Å². The number of nitrogens with zero attached hydrogens (tertiary/aromatic N) is 4. The van der Waals surface area contributed by atoms with Crippen molar-refractivity contribution < 1.29 is 18.4 Å². The summed E-state index contributed by atoms with van der Waals surface area (Å²) in [6, 6.07) is 7.87. The van der Waals surface area contributed by atoms with E-state index in [-0.39, 0.29) is 11.5 Å². The van der Waals surface area contributed by atoms with Crippen LogP contribution in [0.15, 0.2) is 57.9 Å². The van der Waals surface area contributed by atoms with Crippen molar-refractivity contribution in [1.29, 1.82) is 0 Å². The lowest BCUT2D eigenvalue weighted by atomic mass is 10.2. The molecule has 0 bridgehead atoms. The van der Waals surface area contributed by atoms with Crippen LogP contribution in [0.1, 0.15) is 23.4 Å². The highest BCUT2D eigenvalue weighted by molar-refractivity contribution is 5.49. The van der Waals surface area contributed by atoms with Crippen molar-refractivity contribution in [3.05, 3.63) is 71.9 Å². The number of nitrogens with one attached hydrogen (secondary N) is 1. The lowest BCUT2D eigenvalue weighted by Crippen LogP contribution is -2.09. The fourth-order valence-electron chi connectivity index (χ4n) is 2.59. The van der Waals surface area contributed by atoms with Gasteiger partial charge in [0.05, 0.1) is 24.6 Å². The second-order valence-corrected chi connectivity index (χ2v) is 5.96. The average Bonchev–Trinajstić information content (AvgIpc) is 3.36. The number of aliphatic hydroxyl groups is 1. The van der Waals surface area contributed by atoms with E-state index < -0.39 is 6.23 Å². The Morgan fingerprint density at radius 3 is 2.93 bits per heavy atom. The Hall–Kier alpha value is -3.46. The summed E-state index contributed by atoms with van der Waals surface area (Å²) in [7, 11) is 0. The molecule has 1 aromatic carbocycles. The highest BCUT2D eigenvalue weighted by atomic mass is 19.1. The maximum Gasteiger partial charge on any atom is 0.204 e. The molecule has 0 aliphatic heterocycles. The third kappa shape index (κ3) is 3.87. The zero-order chi connectivity index (χ0) is 18.8. The van der Waals surface area contributed by atoms with E-state index >= 15 is 0 Å². The maximum atomic E-state index is 13.3. The molecule has 0 aliphatic carbocycles. The molecule has 4 rings (SSSR count). The van der Waals surface area contributed by atoms with Crippen LogP contribution in [0, 0.1) is 12.7 Å². The summed E-state index contributed by atoms with van der Waals surface area (Å²) in [5, 5.41) is 21.2. The fraction of sp³-hybridized carbons (Fsp3) is 0.167. The van der Waals surface area contributed by atoms with Gasteiger partial charge in [-0.25, -0.2) is 9.37 Å². The third-order valence-electron chi connectivity index (χ3n) is 3.84. The van der Waals surface area contributed by atoms with Crippen LogP contribution in [0.5, 0.6) is 0 Å². The largest absolute Gasteiger partial charge is 0.438 e. The lowest BCUT2D eigenvalue weighted by molar-refractivity contribution is 0.196. The van der Waals surface area contributed by atoms with Crippen LogP contribution >= 0.6 is 0 Å². The topological polar surface area (TPSA) is 102 Å². The molecule has 4 aromatic rings. The molecule has 0 saturated carbocycles. The highest BCUT2D eigenvalue weighted by Gasteiger charge is 2.17. The molecule has 0 fully saturated rings. The van der Waals surface area contributed by atoms with Gasteiger partial charge in [-0.15, -0.1) is 0 Å². The summed E-state index contributed by atoms with van der Waals surface area (Å²) in [5.41, 5.74) is 1.66. The molecule has 0 amide bonds. The van der Waals surface area contributed by atoms with Crippen molar-refractivity contribution in [3.8, 4) is 11.5 Å². The second kappa shape index (κ2) is 7.04. The number of anilines is 1. The van der Waals surface area contributed by atoms with Crippen molar-refractivity contribution in [2.75, 3.05) is 5.32 Å². The molecular weight excluding hydrogens is 353 g/mol. The first-order valence-corrected chi connectivity index (χ1v) is 8.18. The molecule has 3 aromatic heterocycles. The molecule has 0 aliphatic rings. The fourth-order valence-corrected chi connectivity index (χ4v) is 2.59. The summed E-state index contributed by atoms with van der Waals surface area (Å²) >= 11 is 0. The molecule has 27 heavy (non-hydrogen) atoms. The molecule has 3 heterocycles. The van der Waals surface area contributed by atoms with Gasteiger partial charge in [0, 0.05) is 19.2 Å². The molecule has 1 atom stereocenters. The summed E-state index contributed by atoms with van der Waals surface area (Å²) in [6.07, 6.45) is 3.69. The zero-order valence-corrected chi connectivity index (χ0v) is 14.3. The monoisotopic (exact) mass is 369 g/mol. The minimum Gasteiger partial charge on any atom is -0.438 e. The lowest BCUT2D eigenvalue weighted by Gasteiger charge is -2.08. The smallest absolute Gasteiger partial charge is 0.204 e. The van der Waals surface area contributed by atoms with Gasteiger partial charge < -0.3 is 19.4 Å². The van der Waals surface area contributed by atoms with Gasteiger partial charge in [0.15, 0.2) is 17.9 Å². The number of halogens is 1. The van der Waals surface area contributed by atoms with E-state index in [1.54, 1.807) is 36.1 Å². The van der Waals surface area contributed by atoms with Gasteiger partial charge in [0.25, 0.3) is 0 Å². The first-order chi connectivity index (χ1) is 13.1. The van der Waals surface area contributed by atoms with Crippen LogP contribution in [-0.2, 0) is 6.54 Å². The highest BCUT2D eigenvalue weighted by Crippen LogP contribution is 2.24. The van der Waals surface area contributed by atoms with Crippen LogP contribution < -0.4 is 5.32 Å². The van der Waals surface area contributed by atoms with Crippen molar-refractivity contribution >= 4 is 5.69 Å². The summed E-state index contributed by atoms with van der Waals surface area (Å²) in [5.74, 6) is 1.01. The Labute approximate surface area is 153 Å². The zero-order valence-electron chi connectivity index (χ0n) is 14.3. The molecule has 0 radical (unpaired) electrons. The number of aliphatic hydroxyl groups excluding tert-OH is 1. The van der Waals surface area contributed by atoms with Gasteiger partial charge in [-0.2, -0.15) is 5.10 Å². The Balaban J connectivity index is 1.42. The Morgan fingerprint density at radius 2 is 2.15 bits per heavy atom. The van der Waals surface area contributed by atoms with Crippen molar-refractivity contribution in [2.45, 2.75) is 19.7 Å². The van der Waals surface area contributed by atoms with E-state index in [9.17, 15) is 9.50 Å². The van der Waals surface area contributed by atoms with Crippen molar-refractivity contribution in [2.24, 2.45) is 0 Å². The predicted molar refractivity (Wildman–Crippen MR) is 93.0 cm³/mol. The summed E-state index contributed by atoms with van der Waals surface area (Å²) in [6.45, 7) is 2.13. The number of aryl methyl sites for hydroxylation is 1. The average molecular weight is 369 g/mol. The Bertz CT molecular complexity index is 1050. The van der Waals surface area contributed by atoms with E-state index in [0.717, 1.165) is 5.56 Å². The third-order valence-corrected chi connectivity index (χ3v) is 3.84. The summed E-state index contributed by atoms with van der Waals surface area (Å²) in [4.78, 5) is 3.99. The minimum atomic E-state index is -1.10. The minimum absolute atomic E-state index is 0.289. The number of oxazole rings is 1. The molecule has 0 spiro atoms. The quantitative estimate of drug-likeness (QED) is 0.503. The van der Waals surface area contributed by atoms with E-state index in [2.05, 4.69) is 20.6 Å². The van der Waals surface area contributed by atoms with Gasteiger partial charge in [-0.1, -0.05) is 17.3 Å². The normalized spacial score (nSPS) is 12.3. The van der Waals surface area contributed by atoms with E-state index in [4.69, 9.17) is 8.94 Å². The van der Waals surface area contributed by atoms with E-state index in [1.807, 2.05) is 6.07 Å². The molecular formula is C18H16FN5O3. The van der Waals surface area contributed by atoms with Crippen molar-refractivity contribution in [1.82, 2.24) is 19.9 Å². The van der Waals surface area contributed by atoms with Gasteiger partial charge in [-0.3, -0.25) is 4.68 Å². The number of aromatic nitrogens is 4. The summed E-state index contributed by atoms with van der Waals surface area (Å²) < 4.78 is 25.4. The first kappa shape index (κ1) is 17.0. The Morgan fingerprint density at radius 1 is 1.26 bits per heavy atom. The van der Waals surface area contributed by atoms with E-state index in [0.29, 0.717) is 29.6 Å². The van der Waals surface area contributed by atoms with Crippen LogP contribution in [0.3, 0.4) is 0 Å². The number of rotatable bonds is 6. The Kier molecular flexibility index (Phi) is 4.43. The van der Waals surface area contributed by atoms with Crippen LogP contribution in [-0.4, -0.2) is 25.0 Å². The molecule has 138 valence electrons. The second-order valence-electron chi connectivity index (χ2n) is 5.96. The molecule has 1 unspecified atom stereocenters. The van der Waals surface area contributed by atoms with Gasteiger partial charge in [0.1, 0.15) is 11.5 Å². The predicted octanol–water partition coefficient (Wildman–Crippen LogP) is 3.12. The van der Waals surface area contributed by atoms with Gasteiger partial charge in [-0.05, 0) is 17.7 Å². The number of hydrogen-bond donors (Lipinski definition) is 2. The molecule has 9 heteroatoms. The molecule has 8 nitrogen and oxygen atoms in total. The number of benzene rings is 1. The standard InChI is InChI=1S/C18H16FN5O3/c1-11-20-8-17(26-11)16-6-15(23-27-16)18(25)22-14-7-21-24(10-14)9-12-3-2-4-13(19)5-12/h2-8,10,18,22,25H,9H2,1H3.